The molecule has 0 radical (unpaired) electrons. The van der Waals surface area contributed by atoms with Crippen LogP contribution in [0, 0.1) is 0 Å². The Morgan fingerprint density at radius 1 is 1.17 bits per heavy atom. The Bertz CT molecular complexity index is 705. The maximum absolute atomic E-state index is 12.0. The maximum atomic E-state index is 12.0. The number of hydrogen-bond donors (Lipinski definition) is 7. The molecule has 0 amide bonds. The van der Waals surface area contributed by atoms with Crippen LogP contribution in [0.25, 0.3) is 6.08 Å². The summed E-state index contributed by atoms with van der Waals surface area (Å²) in [6.45, 7) is -1.64. The second-order valence-corrected chi connectivity index (χ2v) is 6.36. The molecule has 0 saturated carbocycles. The van der Waals surface area contributed by atoms with Crippen LogP contribution >= 0.6 is 0 Å². The quantitative estimate of drug-likeness (QED) is 0.139. The minimum Gasteiger partial charge on any atom is -0.504 e. The van der Waals surface area contributed by atoms with Crippen LogP contribution in [0.1, 0.15) is 5.56 Å². The molecular weight excluding hydrogens is 392 g/mol. The predicted octanol–water partition coefficient (Wildman–Crippen LogP) is -2.17. The van der Waals surface area contributed by atoms with Gasteiger partial charge in [0.1, 0.15) is 24.4 Å². The van der Waals surface area contributed by atoms with Crippen LogP contribution < -0.4 is 0 Å². The number of esters is 1. The van der Waals surface area contributed by atoms with Crippen molar-refractivity contribution < 1.29 is 54.8 Å². The fourth-order valence-corrected chi connectivity index (χ4v) is 2.58. The normalized spacial score (nSPS) is 28.4. The van der Waals surface area contributed by atoms with E-state index in [4.69, 9.17) is 19.3 Å². The monoisotopic (exact) mass is 416 g/mol. The number of aliphatic hydroxyl groups excluding tert-OH is 5. The molecule has 1 heterocycles. The van der Waals surface area contributed by atoms with E-state index in [0.717, 1.165) is 6.08 Å². The number of phenolic OH excluding ortho intramolecular Hbond substituents is 2. The van der Waals surface area contributed by atoms with Crippen molar-refractivity contribution in [1.82, 2.24) is 0 Å². The molecule has 1 saturated heterocycles. The molecule has 1 aliphatic rings. The standard InChI is InChI=1S/C18H24O11/c19-6-10(21)8-27-18-16(26)15(25)17(13(7-20)28-18)29-14(24)4-2-9-1-3-11(22)12(23)5-9/h1-5,10,13,15-23,25-26H,6-8H2/t10-,13-,15-,16-,17-,18-/m1/s1. The van der Waals surface area contributed by atoms with Crippen molar-refractivity contribution in [2.24, 2.45) is 0 Å². The van der Waals surface area contributed by atoms with Gasteiger partial charge in [0.25, 0.3) is 0 Å². The predicted molar refractivity (Wildman–Crippen MR) is 95.5 cm³/mol. The highest BCUT2D eigenvalue weighted by Gasteiger charge is 2.47. The molecule has 0 bridgehead atoms. The van der Waals surface area contributed by atoms with Gasteiger partial charge in [-0.3, -0.25) is 0 Å². The highest BCUT2D eigenvalue weighted by Crippen LogP contribution is 2.26. The fourth-order valence-electron chi connectivity index (χ4n) is 2.58. The van der Waals surface area contributed by atoms with Gasteiger partial charge in [0.2, 0.25) is 0 Å². The first kappa shape index (κ1) is 23.0. The lowest BCUT2D eigenvalue weighted by Crippen LogP contribution is -2.60. The molecule has 6 atom stereocenters. The van der Waals surface area contributed by atoms with Crippen molar-refractivity contribution in [1.29, 1.82) is 0 Å². The summed E-state index contributed by atoms with van der Waals surface area (Å²) in [6, 6.07) is 3.87. The number of rotatable bonds is 8. The Morgan fingerprint density at radius 3 is 2.52 bits per heavy atom. The summed E-state index contributed by atoms with van der Waals surface area (Å²) in [5.41, 5.74) is 0.382. The van der Waals surface area contributed by atoms with E-state index in [-0.39, 0.29) is 11.5 Å². The average molecular weight is 416 g/mol. The number of benzene rings is 1. The molecule has 1 aliphatic heterocycles. The fraction of sp³-hybridized carbons (Fsp3) is 0.500. The van der Waals surface area contributed by atoms with Crippen molar-refractivity contribution in [2.75, 3.05) is 19.8 Å². The van der Waals surface area contributed by atoms with Gasteiger partial charge in [0.15, 0.2) is 23.9 Å². The molecule has 1 aromatic carbocycles. The van der Waals surface area contributed by atoms with E-state index in [1.165, 1.54) is 24.3 Å². The molecule has 0 aliphatic carbocycles. The number of aliphatic hydroxyl groups is 5. The van der Waals surface area contributed by atoms with Gasteiger partial charge in [-0.05, 0) is 23.8 Å². The first-order valence-electron chi connectivity index (χ1n) is 8.70. The van der Waals surface area contributed by atoms with Crippen molar-refractivity contribution >= 4 is 12.0 Å². The van der Waals surface area contributed by atoms with Gasteiger partial charge in [-0.1, -0.05) is 6.07 Å². The molecule has 0 unspecified atom stereocenters. The number of aromatic hydroxyl groups is 2. The van der Waals surface area contributed by atoms with Crippen molar-refractivity contribution in [3.8, 4) is 11.5 Å². The average Bonchev–Trinajstić information content (AvgIpc) is 2.71. The minimum absolute atomic E-state index is 0.324. The van der Waals surface area contributed by atoms with E-state index >= 15 is 0 Å². The molecular formula is C18H24O11. The van der Waals surface area contributed by atoms with Crippen molar-refractivity contribution in [2.45, 2.75) is 36.8 Å². The van der Waals surface area contributed by atoms with Crippen LogP contribution in [0.2, 0.25) is 0 Å². The highest BCUT2D eigenvalue weighted by molar-refractivity contribution is 5.87. The molecule has 162 valence electrons. The van der Waals surface area contributed by atoms with E-state index in [1.807, 2.05) is 0 Å². The van der Waals surface area contributed by atoms with Crippen LogP contribution in [0.4, 0.5) is 0 Å². The summed E-state index contributed by atoms with van der Waals surface area (Å²) in [4.78, 5) is 12.0. The Hall–Kier alpha value is -2.25. The first-order valence-corrected chi connectivity index (χ1v) is 8.70. The zero-order valence-corrected chi connectivity index (χ0v) is 15.2. The van der Waals surface area contributed by atoms with E-state index < -0.39 is 62.6 Å². The summed E-state index contributed by atoms with van der Waals surface area (Å²) in [7, 11) is 0. The number of ether oxygens (including phenoxy) is 3. The van der Waals surface area contributed by atoms with E-state index in [2.05, 4.69) is 0 Å². The van der Waals surface area contributed by atoms with Gasteiger partial charge in [-0.25, -0.2) is 4.79 Å². The van der Waals surface area contributed by atoms with E-state index in [0.29, 0.717) is 5.56 Å². The molecule has 11 nitrogen and oxygen atoms in total. The lowest BCUT2D eigenvalue weighted by molar-refractivity contribution is -0.306. The van der Waals surface area contributed by atoms with Crippen molar-refractivity contribution in [3.63, 3.8) is 0 Å². The molecule has 1 aromatic rings. The van der Waals surface area contributed by atoms with Gasteiger partial charge < -0.3 is 50.0 Å². The molecule has 2 rings (SSSR count). The number of carbonyl (C=O) groups excluding carboxylic acids is 1. The van der Waals surface area contributed by atoms with E-state index in [1.54, 1.807) is 0 Å². The van der Waals surface area contributed by atoms with E-state index in [9.17, 15) is 35.4 Å². The third-order valence-electron chi connectivity index (χ3n) is 4.15. The molecule has 7 N–H and O–H groups in total. The summed E-state index contributed by atoms with van der Waals surface area (Å²) in [5.74, 6) is -1.63. The largest absolute Gasteiger partial charge is 0.504 e. The van der Waals surface area contributed by atoms with Crippen LogP contribution in [-0.2, 0) is 19.0 Å². The minimum atomic E-state index is -1.66. The Morgan fingerprint density at radius 2 is 1.90 bits per heavy atom. The summed E-state index contributed by atoms with van der Waals surface area (Å²) in [6.07, 6.45) is -6.33. The van der Waals surface area contributed by atoms with Crippen LogP contribution in [0.3, 0.4) is 0 Å². The number of phenols is 2. The SMILES string of the molecule is O=C(C=Cc1ccc(O)c(O)c1)O[C@H]1[C@H](O)[C@@H](O)[C@H](OC[C@H](O)CO)O[C@@H]1CO. The molecule has 0 aromatic heterocycles. The van der Waals surface area contributed by atoms with Gasteiger partial charge in [0, 0.05) is 6.08 Å². The molecule has 1 fully saturated rings. The Balaban J connectivity index is 2.00. The zero-order chi connectivity index (χ0) is 21.6. The van der Waals surface area contributed by atoms with Gasteiger partial charge in [0.05, 0.1) is 19.8 Å². The molecule has 29 heavy (non-hydrogen) atoms. The smallest absolute Gasteiger partial charge is 0.331 e. The summed E-state index contributed by atoms with van der Waals surface area (Å²) < 4.78 is 15.4. The highest BCUT2D eigenvalue weighted by atomic mass is 16.7. The first-order chi connectivity index (χ1) is 13.8. The molecule has 11 heteroatoms. The third-order valence-corrected chi connectivity index (χ3v) is 4.15. The third kappa shape index (κ3) is 6.11. The van der Waals surface area contributed by atoms with Gasteiger partial charge in [-0.2, -0.15) is 0 Å². The van der Waals surface area contributed by atoms with Crippen molar-refractivity contribution in [3.05, 3.63) is 29.8 Å². The topological polar surface area (TPSA) is 186 Å². The molecule has 0 spiro atoms. The summed E-state index contributed by atoms with van der Waals surface area (Å²) in [5, 5.41) is 66.5. The van der Waals surface area contributed by atoms with Crippen LogP contribution in [-0.4, -0.2) is 98.3 Å². The lowest BCUT2D eigenvalue weighted by Gasteiger charge is -2.41. The van der Waals surface area contributed by atoms with Gasteiger partial charge in [-0.15, -0.1) is 0 Å². The van der Waals surface area contributed by atoms with Gasteiger partial charge >= 0.3 is 5.97 Å². The van der Waals surface area contributed by atoms with Crippen LogP contribution in [0.15, 0.2) is 24.3 Å². The lowest BCUT2D eigenvalue weighted by atomic mass is 9.99. The summed E-state index contributed by atoms with van der Waals surface area (Å²) >= 11 is 0. The Labute approximate surface area is 165 Å². The Kier molecular flexibility index (Phi) is 8.34. The number of carbonyl (C=O) groups is 1. The van der Waals surface area contributed by atoms with Crippen LogP contribution in [0.5, 0.6) is 11.5 Å². The second-order valence-electron chi connectivity index (χ2n) is 6.36. The number of hydrogen-bond acceptors (Lipinski definition) is 11. The maximum Gasteiger partial charge on any atom is 0.331 e. The zero-order valence-electron chi connectivity index (χ0n) is 15.2. The second kappa shape index (κ2) is 10.5.